The van der Waals surface area contributed by atoms with Crippen LogP contribution in [0.25, 0.3) is 10.8 Å². The van der Waals surface area contributed by atoms with Crippen molar-refractivity contribution >= 4 is 28.4 Å². The second kappa shape index (κ2) is 4.62. The molecule has 0 unspecified atom stereocenters. The van der Waals surface area contributed by atoms with Gasteiger partial charge in [-0.1, -0.05) is 30.3 Å². The molecule has 0 spiro atoms. The average molecular weight is 243 g/mol. The maximum Gasteiger partial charge on any atom is 0.223 e. The van der Waals surface area contributed by atoms with Gasteiger partial charge >= 0.3 is 0 Å². The number of aromatic hydroxyl groups is 1. The van der Waals surface area contributed by atoms with Crippen LogP contribution in [0.2, 0.25) is 0 Å². The van der Waals surface area contributed by atoms with Crippen LogP contribution in [0.5, 0.6) is 5.75 Å². The summed E-state index contributed by atoms with van der Waals surface area (Å²) in [5.41, 5.74) is 16.3. The summed E-state index contributed by atoms with van der Waals surface area (Å²) in [6.45, 7) is 0. The van der Waals surface area contributed by atoms with E-state index in [-0.39, 0.29) is 17.7 Å². The highest BCUT2D eigenvalue weighted by Gasteiger charge is 2.06. The summed E-state index contributed by atoms with van der Waals surface area (Å²) in [5.74, 6) is -0.278. The Bertz CT molecular complexity index is 644. The largest absolute Gasteiger partial charge is 0.506 e. The van der Waals surface area contributed by atoms with Gasteiger partial charge < -0.3 is 22.3 Å². The molecule has 0 saturated heterocycles. The molecule has 0 aliphatic carbocycles. The van der Waals surface area contributed by atoms with Crippen molar-refractivity contribution in [1.29, 1.82) is 0 Å². The van der Waals surface area contributed by atoms with Crippen molar-refractivity contribution in [3.8, 4) is 5.75 Å². The highest BCUT2D eigenvalue weighted by atomic mass is 16.3. The Labute approximate surface area is 103 Å². The first-order valence-electron chi connectivity index (χ1n) is 5.22. The minimum absolute atomic E-state index is 0.0162. The fourth-order valence-corrected chi connectivity index (χ4v) is 1.63. The van der Waals surface area contributed by atoms with Gasteiger partial charge in [-0.05, 0) is 11.5 Å². The van der Waals surface area contributed by atoms with E-state index >= 15 is 0 Å². The molecule has 2 aromatic rings. The van der Waals surface area contributed by atoms with Crippen molar-refractivity contribution in [1.82, 2.24) is 0 Å². The van der Waals surface area contributed by atoms with E-state index in [1.807, 2.05) is 24.3 Å². The third-order valence-electron chi connectivity index (χ3n) is 2.35. The van der Waals surface area contributed by atoms with Gasteiger partial charge in [0.1, 0.15) is 11.4 Å². The van der Waals surface area contributed by atoms with E-state index < -0.39 is 0 Å². The summed E-state index contributed by atoms with van der Waals surface area (Å²) in [6.07, 6.45) is 0. The molecule has 7 N–H and O–H groups in total. The topological polar surface area (TPSA) is 123 Å². The Morgan fingerprint density at radius 1 is 1.00 bits per heavy atom. The molecule has 92 valence electrons. The SMILES string of the molecule is NC(N)=NC(N)=Nc1c(O)ccc2ccccc12. The predicted molar refractivity (Wildman–Crippen MR) is 72.7 cm³/mol. The van der Waals surface area contributed by atoms with Gasteiger partial charge in [-0.3, -0.25) is 0 Å². The Morgan fingerprint density at radius 3 is 2.44 bits per heavy atom. The van der Waals surface area contributed by atoms with Crippen LogP contribution in [0.1, 0.15) is 0 Å². The molecule has 0 saturated carbocycles. The van der Waals surface area contributed by atoms with Gasteiger partial charge in [0.2, 0.25) is 5.96 Å². The number of phenols is 1. The van der Waals surface area contributed by atoms with Crippen molar-refractivity contribution in [2.24, 2.45) is 27.2 Å². The van der Waals surface area contributed by atoms with Crippen LogP contribution in [0.15, 0.2) is 46.4 Å². The molecule has 6 nitrogen and oxygen atoms in total. The Balaban J connectivity index is 2.63. The van der Waals surface area contributed by atoms with Crippen molar-refractivity contribution in [2.75, 3.05) is 0 Å². The normalized spacial score (nSPS) is 11.4. The van der Waals surface area contributed by atoms with Crippen LogP contribution in [0, 0.1) is 0 Å². The van der Waals surface area contributed by atoms with E-state index in [0.717, 1.165) is 10.8 Å². The number of phenolic OH excluding ortho intramolecular Hbond substituents is 1. The van der Waals surface area contributed by atoms with Crippen molar-refractivity contribution in [3.05, 3.63) is 36.4 Å². The van der Waals surface area contributed by atoms with Crippen LogP contribution in [-0.4, -0.2) is 17.0 Å². The number of guanidine groups is 2. The van der Waals surface area contributed by atoms with E-state index in [4.69, 9.17) is 17.2 Å². The zero-order valence-corrected chi connectivity index (χ0v) is 9.54. The third kappa shape index (κ3) is 2.32. The van der Waals surface area contributed by atoms with E-state index in [9.17, 15) is 5.11 Å². The minimum atomic E-state index is -0.184. The first kappa shape index (κ1) is 11.7. The summed E-state index contributed by atoms with van der Waals surface area (Å²) in [4.78, 5) is 7.63. The van der Waals surface area contributed by atoms with E-state index in [1.54, 1.807) is 12.1 Å². The van der Waals surface area contributed by atoms with Crippen LogP contribution in [0.3, 0.4) is 0 Å². The average Bonchev–Trinajstić information content (AvgIpc) is 2.32. The van der Waals surface area contributed by atoms with Crippen LogP contribution >= 0.6 is 0 Å². The van der Waals surface area contributed by atoms with Crippen molar-refractivity contribution < 1.29 is 5.11 Å². The summed E-state index contributed by atoms with van der Waals surface area (Å²) in [5, 5.41) is 11.5. The molecule has 0 radical (unpaired) electrons. The second-order valence-electron chi connectivity index (χ2n) is 3.66. The number of fused-ring (bicyclic) bond motifs is 1. The lowest BCUT2D eigenvalue weighted by Gasteiger charge is -2.04. The molecular weight excluding hydrogens is 230 g/mol. The van der Waals surface area contributed by atoms with Gasteiger partial charge in [-0.2, -0.15) is 4.99 Å². The standard InChI is InChI=1S/C12H13N5O/c13-11(14)17-12(15)16-10-8-4-2-1-3-7(8)5-6-9(10)18/h1-6,18H,(H6,13,14,15,16,17). The minimum Gasteiger partial charge on any atom is -0.506 e. The van der Waals surface area contributed by atoms with Crippen molar-refractivity contribution in [3.63, 3.8) is 0 Å². The smallest absolute Gasteiger partial charge is 0.223 e. The molecule has 6 heteroatoms. The molecule has 0 aliphatic heterocycles. The number of hydrogen-bond acceptors (Lipinski definition) is 2. The zero-order valence-electron chi connectivity index (χ0n) is 9.54. The second-order valence-corrected chi connectivity index (χ2v) is 3.66. The monoisotopic (exact) mass is 243 g/mol. The number of rotatable bonds is 1. The van der Waals surface area contributed by atoms with Gasteiger partial charge in [0.15, 0.2) is 5.96 Å². The lowest BCUT2D eigenvalue weighted by atomic mass is 10.1. The fourth-order valence-electron chi connectivity index (χ4n) is 1.63. The van der Waals surface area contributed by atoms with Gasteiger partial charge in [0, 0.05) is 5.39 Å². The van der Waals surface area contributed by atoms with Crippen LogP contribution in [-0.2, 0) is 0 Å². The number of nitrogens with zero attached hydrogens (tertiary/aromatic N) is 2. The molecule has 0 aromatic heterocycles. The quantitative estimate of drug-likeness (QED) is 0.436. The Kier molecular flexibility index (Phi) is 3.01. The molecule has 2 rings (SSSR count). The van der Waals surface area contributed by atoms with Gasteiger partial charge in [0.05, 0.1) is 0 Å². The van der Waals surface area contributed by atoms with Gasteiger partial charge in [-0.25, -0.2) is 4.99 Å². The first-order chi connectivity index (χ1) is 8.58. The van der Waals surface area contributed by atoms with Crippen molar-refractivity contribution in [2.45, 2.75) is 0 Å². The Hall–Kier alpha value is -2.76. The lowest BCUT2D eigenvalue weighted by molar-refractivity contribution is 0.477. The molecule has 0 heterocycles. The van der Waals surface area contributed by atoms with E-state index in [2.05, 4.69) is 9.98 Å². The van der Waals surface area contributed by atoms with E-state index in [1.165, 1.54) is 0 Å². The van der Waals surface area contributed by atoms with Gasteiger partial charge in [0.25, 0.3) is 0 Å². The highest BCUT2D eigenvalue weighted by molar-refractivity contribution is 6.00. The predicted octanol–water partition coefficient (Wildman–Crippen LogP) is 0.765. The molecule has 0 aliphatic rings. The Morgan fingerprint density at radius 2 is 1.72 bits per heavy atom. The van der Waals surface area contributed by atoms with E-state index in [0.29, 0.717) is 5.69 Å². The molecule has 0 bridgehead atoms. The fraction of sp³-hybridized carbons (Fsp3) is 0. The van der Waals surface area contributed by atoms with Crippen LogP contribution < -0.4 is 17.2 Å². The molecule has 0 amide bonds. The molecule has 0 fully saturated rings. The first-order valence-corrected chi connectivity index (χ1v) is 5.22. The summed E-state index contributed by atoms with van der Waals surface area (Å²) < 4.78 is 0. The zero-order chi connectivity index (χ0) is 13.1. The number of benzene rings is 2. The van der Waals surface area contributed by atoms with Gasteiger partial charge in [-0.15, -0.1) is 0 Å². The molecular formula is C12H13N5O. The molecule has 2 aromatic carbocycles. The highest BCUT2D eigenvalue weighted by Crippen LogP contribution is 2.34. The lowest BCUT2D eigenvalue weighted by Crippen LogP contribution is -2.26. The maximum absolute atomic E-state index is 9.82. The molecule has 18 heavy (non-hydrogen) atoms. The maximum atomic E-state index is 9.82. The number of hydrogen-bond donors (Lipinski definition) is 4. The summed E-state index contributed by atoms with van der Waals surface area (Å²) in [7, 11) is 0. The third-order valence-corrected chi connectivity index (χ3v) is 2.35. The summed E-state index contributed by atoms with van der Waals surface area (Å²) in [6, 6.07) is 10.8. The summed E-state index contributed by atoms with van der Waals surface area (Å²) >= 11 is 0. The molecule has 0 atom stereocenters. The van der Waals surface area contributed by atoms with Crippen LogP contribution in [0.4, 0.5) is 5.69 Å². The number of nitrogens with two attached hydrogens (primary N) is 3. The number of aliphatic imine (C=N–C) groups is 2.